The Morgan fingerprint density at radius 3 is 2.29 bits per heavy atom. The highest BCUT2D eigenvalue weighted by Crippen LogP contribution is 2.18. The molecule has 1 aliphatic heterocycles. The SMILES string of the molecule is CCCCCCCC/C=C\CC[CH]CCCCC1CCO1. The molecular formula is C20H37O. The summed E-state index contributed by atoms with van der Waals surface area (Å²) in [6.45, 7) is 3.28. The van der Waals surface area contributed by atoms with Crippen molar-refractivity contribution >= 4 is 0 Å². The van der Waals surface area contributed by atoms with Crippen LogP contribution in [0.25, 0.3) is 0 Å². The molecule has 0 N–H and O–H groups in total. The normalized spacial score (nSPS) is 18.2. The molecule has 0 amide bonds. The lowest BCUT2D eigenvalue weighted by Crippen LogP contribution is -2.26. The van der Waals surface area contributed by atoms with Crippen molar-refractivity contribution in [3.63, 3.8) is 0 Å². The molecule has 21 heavy (non-hydrogen) atoms. The number of ether oxygens (including phenoxy) is 1. The van der Waals surface area contributed by atoms with Gasteiger partial charge in [0.1, 0.15) is 0 Å². The molecule has 1 heterocycles. The van der Waals surface area contributed by atoms with Gasteiger partial charge in [-0.15, -0.1) is 0 Å². The van der Waals surface area contributed by atoms with Gasteiger partial charge >= 0.3 is 0 Å². The lowest BCUT2D eigenvalue weighted by molar-refractivity contribution is -0.0555. The Labute approximate surface area is 133 Å². The van der Waals surface area contributed by atoms with Crippen LogP contribution in [0.1, 0.15) is 96.8 Å². The van der Waals surface area contributed by atoms with Gasteiger partial charge in [0.05, 0.1) is 6.10 Å². The van der Waals surface area contributed by atoms with Gasteiger partial charge in [-0.1, -0.05) is 70.4 Å². The lowest BCUT2D eigenvalue weighted by Gasteiger charge is -2.26. The zero-order valence-corrected chi connectivity index (χ0v) is 14.3. The van der Waals surface area contributed by atoms with Crippen LogP contribution in [0.15, 0.2) is 12.2 Å². The molecule has 1 heteroatoms. The fraction of sp³-hybridized carbons (Fsp3) is 0.850. The summed E-state index contributed by atoms with van der Waals surface area (Å²) in [5.41, 5.74) is 0. The molecule has 1 nitrogen and oxygen atoms in total. The minimum atomic E-state index is 0.606. The van der Waals surface area contributed by atoms with Crippen molar-refractivity contribution in [2.75, 3.05) is 6.61 Å². The molecule has 1 rings (SSSR count). The standard InChI is InChI=1S/C20H37O/c1-2-3-4-5-6-7-8-9-10-11-12-13-14-15-16-17-20-18-19-21-20/h9-10,13,20H,2-8,11-12,14-19H2,1H3/b10-9-. The van der Waals surface area contributed by atoms with E-state index in [0.717, 1.165) is 6.61 Å². The van der Waals surface area contributed by atoms with Crippen LogP contribution >= 0.6 is 0 Å². The smallest absolute Gasteiger partial charge is 0.0597 e. The van der Waals surface area contributed by atoms with Crippen molar-refractivity contribution in [1.29, 1.82) is 0 Å². The summed E-state index contributed by atoms with van der Waals surface area (Å²) >= 11 is 0. The van der Waals surface area contributed by atoms with E-state index in [1.165, 1.54) is 89.9 Å². The molecule has 0 aromatic rings. The zero-order chi connectivity index (χ0) is 15.0. The molecule has 1 atom stereocenters. The van der Waals surface area contributed by atoms with E-state index in [-0.39, 0.29) is 0 Å². The maximum Gasteiger partial charge on any atom is 0.0597 e. The van der Waals surface area contributed by atoms with E-state index in [1.54, 1.807) is 0 Å². The summed E-state index contributed by atoms with van der Waals surface area (Å²) in [7, 11) is 0. The zero-order valence-electron chi connectivity index (χ0n) is 14.3. The Kier molecular flexibility index (Phi) is 13.1. The van der Waals surface area contributed by atoms with Gasteiger partial charge in [-0.2, -0.15) is 0 Å². The number of unbranched alkanes of at least 4 members (excludes halogenated alkanes) is 11. The topological polar surface area (TPSA) is 9.23 Å². The Morgan fingerprint density at radius 2 is 1.52 bits per heavy atom. The second-order valence-electron chi connectivity index (χ2n) is 6.46. The molecule has 1 radical (unpaired) electrons. The maximum atomic E-state index is 5.43. The molecule has 0 saturated carbocycles. The predicted molar refractivity (Wildman–Crippen MR) is 93.5 cm³/mol. The third-order valence-electron chi connectivity index (χ3n) is 4.41. The molecule has 1 unspecified atom stereocenters. The Balaban J connectivity index is 1.68. The predicted octanol–water partition coefficient (Wildman–Crippen LogP) is 6.63. The lowest BCUT2D eigenvalue weighted by atomic mass is 10.0. The Morgan fingerprint density at radius 1 is 0.810 bits per heavy atom. The first-order valence-electron chi connectivity index (χ1n) is 9.51. The number of hydrogen-bond acceptors (Lipinski definition) is 1. The third-order valence-corrected chi connectivity index (χ3v) is 4.41. The van der Waals surface area contributed by atoms with E-state index < -0.39 is 0 Å². The first-order valence-corrected chi connectivity index (χ1v) is 9.51. The highest BCUT2D eigenvalue weighted by molar-refractivity contribution is 4.83. The first kappa shape index (κ1) is 18.7. The quantitative estimate of drug-likeness (QED) is 0.243. The summed E-state index contributed by atoms with van der Waals surface area (Å²) in [5.74, 6) is 0. The fourth-order valence-electron chi connectivity index (χ4n) is 2.81. The summed E-state index contributed by atoms with van der Waals surface area (Å²) in [6, 6.07) is 0. The van der Waals surface area contributed by atoms with Crippen LogP contribution in [0.2, 0.25) is 0 Å². The van der Waals surface area contributed by atoms with Gasteiger partial charge in [0.25, 0.3) is 0 Å². The van der Waals surface area contributed by atoms with E-state index in [2.05, 4.69) is 25.5 Å². The maximum absolute atomic E-state index is 5.43. The molecule has 0 spiro atoms. The van der Waals surface area contributed by atoms with Gasteiger partial charge in [0, 0.05) is 6.61 Å². The third kappa shape index (κ3) is 12.0. The molecule has 123 valence electrons. The van der Waals surface area contributed by atoms with Crippen LogP contribution in [0, 0.1) is 6.42 Å². The van der Waals surface area contributed by atoms with Crippen molar-refractivity contribution in [2.45, 2.75) is 103 Å². The second-order valence-corrected chi connectivity index (χ2v) is 6.46. The molecule has 1 saturated heterocycles. The van der Waals surface area contributed by atoms with Crippen molar-refractivity contribution in [2.24, 2.45) is 0 Å². The van der Waals surface area contributed by atoms with Crippen molar-refractivity contribution in [3.8, 4) is 0 Å². The molecule has 0 aliphatic carbocycles. The van der Waals surface area contributed by atoms with E-state index in [9.17, 15) is 0 Å². The average molecular weight is 294 g/mol. The number of allylic oxidation sites excluding steroid dienone is 2. The molecule has 0 aromatic heterocycles. The van der Waals surface area contributed by atoms with Gasteiger partial charge in [0.2, 0.25) is 0 Å². The first-order chi connectivity index (χ1) is 10.4. The fourth-order valence-corrected chi connectivity index (χ4v) is 2.81. The average Bonchev–Trinajstić information content (AvgIpc) is 2.45. The van der Waals surface area contributed by atoms with Gasteiger partial charge in [0.15, 0.2) is 0 Å². The highest BCUT2D eigenvalue weighted by atomic mass is 16.5. The summed E-state index contributed by atoms with van der Waals surface area (Å²) in [5, 5.41) is 0. The minimum absolute atomic E-state index is 0.606. The monoisotopic (exact) mass is 293 g/mol. The van der Waals surface area contributed by atoms with Gasteiger partial charge < -0.3 is 4.74 Å². The minimum Gasteiger partial charge on any atom is -0.378 e. The van der Waals surface area contributed by atoms with Gasteiger partial charge in [-0.05, 0) is 44.9 Å². The van der Waals surface area contributed by atoms with Gasteiger partial charge in [-0.3, -0.25) is 0 Å². The van der Waals surface area contributed by atoms with Crippen LogP contribution in [0.5, 0.6) is 0 Å². The summed E-state index contributed by atoms with van der Waals surface area (Å²) in [4.78, 5) is 0. The van der Waals surface area contributed by atoms with E-state index in [4.69, 9.17) is 4.74 Å². The summed E-state index contributed by atoms with van der Waals surface area (Å²) in [6.07, 6.45) is 26.6. The Hall–Kier alpha value is -0.300. The van der Waals surface area contributed by atoms with Crippen LogP contribution in [0.4, 0.5) is 0 Å². The second kappa shape index (κ2) is 14.6. The van der Waals surface area contributed by atoms with Crippen LogP contribution in [-0.2, 0) is 4.74 Å². The van der Waals surface area contributed by atoms with Crippen molar-refractivity contribution in [1.82, 2.24) is 0 Å². The van der Waals surface area contributed by atoms with Crippen LogP contribution in [-0.4, -0.2) is 12.7 Å². The summed E-state index contributed by atoms with van der Waals surface area (Å²) < 4.78 is 5.43. The molecule has 1 aliphatic rings. The molecule has 0 bridgehead atoms. The van der Waals surface area contributed by atoms with E-state index >= 15 is 0 Å². The van der Waals surface area contributed by atoms with Crippen molar-refractivity contribution < 1.29 is 4.74 Å². The molecular weight excluding hydrogens is 256 g/mol. The van der Waals surface area contributed by atoms with E-state index in [1.807, 2.05) is 0 Å². The number of rotatable bonds is 15. The molecule has 0 aromatic carbocycles. The van der Waals surface area contributed by atoms with Crippen molar-refractivity contribution in [3.05, 3.63) is 18.6 Å². The van der Waals surface area contributed by atoms with E-state index in [0.29, 0.717) is 6.10 Å². The highest BCUT2D eigenvalue weighted by Gasteiger charge is 2.16. The largest absolute Gasteiger partial charge is 0.378 e. The van der Waals surface area contributed by atoms with Crippen LogP contribution < -0.4 is 0 Å². The Bertz CT molecular complexity index is 230. The van der Waals surface area contributed by atoms with Gasteiger partial charge in [-0.25, -0.2) is 0 Å². The van der Waals surface area contributed by atoms with Crippen LogP contribution in [0.3, 0.4) is 0 Å². The molecule has 1 fully saturated rings. The number of hydrogen-bond donors (Lipinski definition) is 0.